The zero-order valence-electron chi connectivity index (χ0n) is 9.78. The summed E-state index contributed by atoms with van der Waals surface area (Å²) >= 11 is 22.6. The van der Waals surface area contributed by atoms with Crippen molar-refractivity contribution in [1.82, 2.24) is 0 Å². The molecule has 0 N–H and O–H groups in total. The second-order valence-electron chi connectivity index (χ2n) is 3.81. The lowest BCUT2D eigenvalue weighted by Gasteiger charge is -2.14. The largest absolute Gasteiger partial charge is 0.192 e. The van der Waals surface area contributed by atoms with E-state index in [0.29, 0.717) is 21.6 Å². The number of nitriles is 2. The summed E-state index contributed by atoms with van der Waals surface area (Å²) in [6.45, 7) is 0. The number of hydrogen-bond donors (Lipinski definition) is 1. The predicted molar refractivity (Wildman–Crippen MR) is 83.6 cm³/mol. The minimum Gasteiger partial charge on any atom is -0.192 e. The topological polar surface area (TPSA) is 47.6 Å². The van der Waals surface area contributed by atoms with Crippen LogP contribution in [0.25, 0.3) is 11.1 Å². The summed E-state index contributed by atoms with van der Waals surface area (Å²) in [5.74, 6) is 0. The number of hydrogen-bond acceptors (Lipinski definition) is 3. The van der Waals surface area contributed by atoms with Gasteiger partial charge in [-0.2, -0.15) is 10.5 Å². The summed E-state index contributed by atoms with van der Waals surface area (Å²) < 4.78 is 0. The van der Waals surface area contributed by atoms with Crippen molar-refractivity contribution >= 4 is 47.4 Å². The van der Waals surface area contributed by atoms with Crippen LogP contribution in [0.3, 0.4) is 0 Å². The van der Waals surface area contributed by atoms with Crippen molar-refractivity contribution in [2.75, 3.05) is 0 Å². The molecule has 0 atom stereocenters. The zero-order chi connectivity index (χ0) is 14.9. The van der Waals surface area contributed by atoms with E-state index in [2.05, 4.69) is 18.7 Å². The lowest BCUT2D eigenvalue weighted by atomic mass is 9.98. The lowest BCUT2D eigenvalue weighted by molar-refractivity contribution is 1.36. The van der Waals surface area contributed by atoms with Crippen LogP contribution in [0.4, 0.5) is 0 Å². The highest BCUT2D eigenvalue weighted by molar-refractivity contribution is 7.80. The molecule has 0 saturated heterocycles. The van der Waals surface area contributed by atoms with Crippen LogP contribution in [-0.2, 0) is 0 Å². The first kappa shape index (κ1) is 15.0. The predicted octanol–water partition coefficient (Wildman–Crippen LogP) is 5.35. The molecule has 0 radical (unpaired) electrons. The van der Waals surface area contributed by atoms with Crippen molar-refractivity contribution in [2.45, 2.75) is 4.90 Å². The molecule has 0 heterocycles. The Labute approximate surface area is 136 Å². The molecule has 6 heteroatoms. The van der Waals surface area contributed by atoms with Gasteiger partial charge in [0.25, 0.3) is 0 Å². The third-order valence-electron chi connectivity index (χ3n) is 2.73. The van der Waals surface area contributed by atoms with Gasteiger partial charge in [0.1, 0.15) is 6.07 Å². The van der Waals surface area contributed by atoms with E-state index in [9.17, 15) is 0 Å². The Balaban J connectivity index is 2.93. The quantitative estimate of drug-likeness (QED) is 0.562. The average molecular weight is 340 g/mol. The van der Waals surface area contributed by atoms with Gasteiger partial charge in [0.2, 0.25) is 0 Å². The molecule has 0 spiro atoms. The molecule has 0 unspecified atom stereocenters. The Hall–Kier alpha value is -1.36. The minimum atomic E-state index is 0.0577. The van der Waals surface area contributed by atoms with Crippen molar-refractivity contribution in [2.24, 2.45) is 0 Å². The maximum atomic E-state index is 9.17. The molecule has 2 nitrogen and oxygen atoms in total. The van der Waals surface area contributed by atoms with E-state index >= 15 is 0 Å². The Morgan fingerprint density at radius 2 is 1.55 bits per heavy atom. The summed E-state index contributed by atoms with van der Waals surface area (Å²) in [5, 5.41) is 18.6. The van der Waals surface area contributed by atoms with Crippen LogP contribution in [0.5, 0.6) is 0 Å². The van der Waals surface area contributed by atoms with Gasteiger partial charge in [-0.25, -0.2) is 0 Å². The smallest absolute Gasteiger partial charge is 0.102 e. The zero-order valence-corrected chi connectivity index (χ0v) is 12.9. The molecule has 2 rings (SSSR count). The van der Waals surface area contributed by atoms with Gasteiger partial charge >= 0.3 is 0 Å². The molecule has 0 amide bonds. The highest BCUT2D eigenvalue weighted by Crippen LogP contribution is 2.45. The minimum absolute atomic E-state index is 0.0577. The van der Waals surface area contributed by atoms with Crippen LogP contribution in [-0.4, -0.2) is 0 Å². The Morgan fingerprint density at radius 3 is 2.15 bits per heavy atom. The second-order valence-corrected chi connectivity index (χ2v) is 5.39. The number of halogens is 3. The van der Waals surface area contributed by atoms with Gasteiger partial charge in [-0.05, 0) is 6.07 Å². The van der Waals surface area contributed by atoms with Gasteiger partial charge < -0.3 is 0 Å². The lowest BCUT2D eigenvalue weighted by Crippen LogP contribution is -1.93. The molecule has 0 aromatic heterocycles. The third-order valence-corrected chi connectivity index (χ3v) is 4.50. The summed E-state index contributed by atoms with van der Waals surface area (Å²) in [5.41, 5.74) is 1.53. The molecule has 0 saturated carbocycles. The molecule has 2 aromatic carbocycles. The second kappa shape index (κ2) is 5.95. The van der Waals surface area contributed by atoms with E-state index in [1.165, 1.54) is 0 Å². The van der Waals surface area contributed by atoms with Crippen LogP contribution < -0.4 is 0 Å². The van der Waals surface area contributed by atoms with E-state index in [-0.39, 0.29) is 20.6 Å². The van der Waals surface area contributed by atoms with E-state index < -0.39 is 0 Å². The van der Waals surface area contributed by atoms with E-state index in [4.69, 9.17) is 45.3 Å². The molecule has 0 bridgehead atoms. The molecular weight excluding hydrogens is 335 g/mol. The normalized spacial score (nSPS) is 9.90. The molecule has 20 heavy (non-hydrogen) atoms. The summed E-state index contributed by atoms with van der Waals surface area (Å²) in [6, 6.07) is 10.9. The van der Waals surface area contributed by atoms with Crippen LogP contribution in [0.2, 0.25) is 15.1 Å². The van der Waals surface area contributed by atoms with Gasteiger partial charge in [-0.1, -0.05) is 53.0 Å². The molecule has 0 aliphatic heterocycles. The van der Waals surface area contributed by atoms with Crippen LogP contribution in [0.1, 0.15) is 11.1 Å². The van der Waals surface area contributed by atoms with Gasteiger partial charge in [0.15, 0.2) is 0 Å². The first-order chi connectivity index (χ1) is 9.52. The fourth-order valence-corrected chi connectivity index (χ4v) is 3.08. The van der Waals surface area contributed by atoms with Crippen LogP contribution in [0, 0.1) is 22.7 Å². The molecular formula is C14H5Cl3N2S. The fraction of sp³-hybridized carbons (Fsp3) is 0. The van der Waals surface area contributed by atoms with Crippen molar-refractivity contribution in [3.05, 3.63) is 50.5 Å². The van der Waals surface area contributed by atoms with Gasteiger partial charge in [-0.15, -0.1) is 12.6 Å². The van der Waals surface area contributed by atoms with Crippen LogP contribution >= 0.6 is 47.4 Å². The number of nitrogens with zero attached hydrogens (tertiary/aromatic N) is 2. The Bertz CT molecular complexity index is 788. The number of thiol groups is 1. The SMILES string of the molecule is N#Cc1ccccc1-c1c(S)c(C#N)c(Cl)c(Cl)c1Cl. The Kier molecular flexibility index (Phi) is 4.48. The van der Waals surface area contributed by atoms with E-state index in [0.717, 1.165) is 0 Å². The average Bonchev–Trinajstić information content (AvgIpc) is 2.46. The molecule has 2 aromatic rings. The summed E-state index contributed by atoms with van der Waals surface area (Å²) in [7, 11) is 0. The molecule has 0 aliphatic rings. The fourth-order valence-electron chi connectivity index (χ4n) is 1.80. The highest BCUT2D eigenvalue weighted by Gasteiger charge is 2.21. The van der Waals surface area contributed by atoms with Crippen LogP contribution in [0.15, 0.2) is 29.2 Å². The molecule has 0 aliphatic carbocycles. The van der Waals surface area contributed by atoms with Gasteiger partial charge in [-0.3, -0.25) is 0 Å². The number of benzene rings is 2. The highest BCUT2D eigenvalue weighted by atomic mass is 35.5. The summed E-state index contributed by atoms with van der Waals surface area (Å²) in [4.78, 5) is 0.301. The maximum Gasteiger partial charge on any atom is 0.102 e. The van der Waals surface area contributed by atoms with Gasteiger partial charge in [0, 0.05) is 16.0 Å². The maximum absolute atomic E-state index is 9.17. The van der Waals surface area contributed by atoms with Crippen molar-refractivity contribution in [3.8, 4) is 23.3 Å². The van der Waals surface area contributed by atoms with E-state index in [1.807, 2.05) is 6.07 Å². The third kappa shape index (κ3) is 2.35. The van der Waals surface area contributed by atoms with Gasteiger partial charge in [0.05, 0.1) is 32.3 Å². The summed E-state index contributed by atoms with van der Waals surface area (Å²) in [6.07, 6.45) is 0. The Morgan fingerprint density at radius 1 is 0.900 bits per heavy atom. The van der Waals surface area contributed by atoms with E-state index in [1.54, 1.807) is 24.3 Å². The standard InChI is InChI=1S/C14H5Cl3N2S/c15-11-9(6-19)14(20)10(12(16)13(11)17)8-4-2-1-3-7(8)5-18/h1-4,20H. The van der Waals surface area contributed by atoms with Crippen molar-refractivity contribution in [3.63, 3.8) is 0 Å². The first-order valence-electron chi connectivity index (χ1n) is 5.32. The monoisotopic (exact) mass is 338 g/mol. The molecule has 98 valence electrons. The number of rotatable bonds is 1. The van der Waals surface area contributed by atoms with Crippen molar-refractivity contribution < 1.29 is 0 Å². The first-order valence-corrected chi connectivity index (χ1v) is 6.90. The molecule has 0 fully saturated rings. The van der Waals surface area contributed by atoms with Crippen molar-refractivity contribution in [1.29, 1.82) is 10.5 Å².